The van der Waals surface area contributed by atoms with Crippen molar-refractivity contribution in [3.8, 4) is 0 Å². The molecule has 2 amide bonds. The Balaban J connectivity index is 1.87. The second kappa shape index (κ2) is 7.53. The fourth-order valence-corrected chi connectivity index (χ4v) is 3.44. The van der Waals surface area contributed by atoms with E-state index in [1.807, 2.05) is 30.3 Å². The van der Waals surface area contributed by atoms with Gasteiger partial charge in [-0.25, -0.2) is 9.29 Å². The van der Waals surface area contributed by atoms with E-state index < -0.39 is 17.6 Å². The molecule has 6 heteroatoms. The maximum atomic E-state index is 13.4. The number of hydrogen-bond acceptors (Lipinski definition) is 3. The molecule has 1 aliphatic rings. The topological polar surface area (TPSA) is 40.6 Å². The molecule has 0 bridgehead atoms. The van der Waals surface area contributed by atoms with Gasteiger partial charge in [-0.3, -0.25) is 9.59 Å². The van der Waals surface area contributed by atoms with E-state index in [-0.39, 0.29) is 11.3 Å². The van der Waals surface area contributed by atoms with Crippen molar-refractivity contribution >= 4 is 40.4 Å². The monoisotopic (exact) mass is 406 g/mol. The van der Waals surface area contributed by atoms with E-state index in [0.717, 1.165) is 10.6 Å². The van der Waals surface area contributed by atoms with Crippen molar-refractivity contribution < 1.29 is 14.0 Å². The smallest absolute Gasteiger partial charge is 0.282 e. The van der Waals surface area contributed by atoms with Crippen molar-refractivity contribution in [3.63, 3.8) is 0 Å². The van der Waals surface area contributed by atoms with Gasteiger partial charge in [0.25, 0.3) is 11.8 Å². The molecule has 0 unspecified atom stereocenters. The molecular weight excluding hydrogens is 391 g/mol. The van der Waals surface area contributed by atoms with Crippen LogP contribution in [-0.4, -0.2) is 18.9 Å². The minimum absolute atomic E-state index is 0.219. The van der Waals surface area contributed by atoms with E-state index in [4.69, 9.17) is 11.6 Å². The molecule has 4 rings (SSSR count). The van der Waals surface area contributed by atoms with Crippen LogP contribution in [0, 0.1) is 5.82 Å². The molecule has 0 N–H and O–H groups in total. The number of imide groups is 1. The van der Waals surface area contributed by atoms with Gasteiger partial charge in [-0.05, 0) is 54.1 Å². The SMILES string of the molecule is CN(C1=C(c2ccc(F)cc2)C(=O)N(c2ccc(Cl)cc2)C1=O)c1ccccc1. The first-order valence-corrected chi connectivity index (χ1v) is 9.28. The summed E-state index contributed by atoms with van der Waals surface area (Å²) in [5, 5.41) is 0.501. The van der Waals surface area contributed by atoms with Crippen LogP contribution >= 0.6 is 11.6 Å². The number of halogens is 2. The number of carbonyl (C=O) groups is 2. The summed E-state index contributed by atoms with van der Waals surface area (Å²) in [5.41, 5.74) is 2.08. The van der Waals surface area contributed by atoms with Gasteiger partial charge in [-0.2, -0.15) is 0 Å². The van der Waals surface area contributed by atoms with Gasteiger partial charge >= 0.3 is 0 Å². The molecule has 0 aromatic heterocycles. The predicted octanol–water partition coefficient (Wildman–Crippen LogP) is 4.90. The largest absolute Gasteiger partial charge is 0.339 e. The maximum absolute atomic E-state index is 13.4. The van der Waals surface area contributed by atoms with Crippen LogP contribution in [0.2, 0.25) is 5.02 Å². The van der Waals surface area contributed by atoms with Crippen molar-refractivity contribution in [2.24, 2.45) is 0 Å². The van der Waals surface area contributed by atoms with Gasteiger partial charge in [-0.1, -0.05) is 41.9 Å². The standard InChI is InChI=1S/C23H16ClFN2O2/c1-26(18-5-3-2-4-6-18)21-20(15-7-11-17(25)12-8-15)22(28)27(23(21)29)19-13-9-16(24)10-14-19/h2-14H,1H3. The molecule has 0 aliphatic carbocycles. The third-order valence-electron chi connectivity index (χ3n) is 4.76. The Morgan fingerprint density at radius 2 is 1.45 bits per heavy atom. The number of carbonyl (C=O) groups excluding carboxylic acids is 2. The molecule has 3 aromatic carbocycles. The van der Waals surface area contributed by atoms with E-state index in [9.17, 15) is 14.0 Å². The van der Waals surface area contributed by atoms with Gasteiger partial charge in [0.15, 0.2) is 0 Å². The van der Waals surface area contributed by atoms with Crippen molar-refractivity contribution in [2.45, 2.75) is 0 Å². The van der Waals surface area contributed by atoms with Crippen molar-refractivity contribution in [1.82, 2.24) is 0 Å². The highest BCUT2D eigenvalue weighted by molar-refractivity contribution is 6.46. The highest BCUT2D eigenvalue weighted by Crippen LogP contribution is 2.36. The summed E-state index contributed by atoms with van der Waals surface area (Å²) in [6.45, 7) is 0. The van der Waals surface area contributed by atoms with Crippen molar-refractivity contribution in [1.29, 1.82) is 0 Å². The average Bonchev–Trinajstić information content (AvgIpc) is 3.00. The Hall–Kier alpha value is -3.44. The number of benzene rings is 3. The second-order valence-electron chi connectivity index (χ2n) is 6.55. The Bertz CT molecular complexity index is 1110. The lowest BCUT2D eigenvalue weighted by Gasteiger charge is -2.21. The molecule has 4 nitrogen and oxygen atoms in total. The first kappa shape index (κ1) is 18.9. The Kier molecular flexibility index (Phi) is 4.91. The quantitative estimate of drug-likeness (QED) is 0.578. The van der Waals surface area contributed by atoms with E-state index in [1.54, 1.807) is 36.2 Å². The average molecular weight is 407 g/mol. The summed E-state index contributed by atoms with van der Waals surface area (Å²) < 4.78 is 13.4. The van der Waals surface area contributed by atoms with E-state index in [2.05, 4.69) is 0 Å². The van der Waals surface area contributed by atoms with Gasteiger partial charge < -0.3 is 4.90 Å². The molecule has 0 saturated carbocycles. The minimum Gasteiger partial charge on any atom is -0.339 e. The number of para-hydroxylation sites is 1. The van der Waals surface area contributed by atoms with E-state index in [1.165, 1.54) is 24.3 Å². The van der Waals surface area contributed by atoms with Crippen LogP contribution in [0.1, 0.15) is 5.56 Å². The van der Waals surface area contributed by atoms with Crippen LogP contribution in [0.4, 0.5) is 15.8 Å². The lowest BCUT2D eigenvalue weighted by Crippen LogP contribution is -2.34. The molecule has 3 aromatic rings. The zero-order valence-electron chi connectivity index (χ0n) is 15.5. The Labute approximate surface area is 172 Å². The summed E-state index contributed by atoms with van der Waals surface area (Å²) in [5.74, 6) is -1.34. The fraction of sp³-hybridized carbons (Fsp3) is 0.0435. The normalized spacial score (nSPS) is 14.0. The molecule has 144 valence electrons. The predicted molar refractivity (Wildman–Crippen MR) is 112 cm³/mol. The first-order valence-electron chi connectivity index (χ1n) is 8.90. The van der Waals surface area contributed by atoms with Crippen LogP contribution in [-0.2, 0) is 9.59 Å². The van der Waals surface area contributed by atoms with Crippen LogP contribution in [0.5, 0.6) is 0 Å². The Morgan fingerprint density at radius 1 is 0.828 bits per heavy atom. The minimum atomic E-state index is -0.471. The van der Waals surface area contributed by atoms with Crippen LogP contribution in [0.15, 0.2) is 84.6 Å². The number of rotatable bonds is 4. The van der Waals surface area contributed by atoms with Crippen LogP contribution in [0.25, 0.3) is 5.57 Å². The summed E-state index contributed by atoms with van der Waals surface area (Å²) in [4.78, 5) is 29.5. The Morgan fingerprint density at radius 3 is 2.07 bits per heavy atom. The molecule has 0 radical (unpaired) electrons. The number of anilines is 2. The van der Waals surface area contributed by atoms with Crippen molar-refractivity contribution in [3.05, 3.63) is 101 Å². The zero-order chi connectivity index (χ0) is 20.5. The highest BCUT2D eigenvalue weighted by Gasteiger charge is 2.42. The highest BCUT2D eigenvalue weighted by atomic mass is 35.5. The number of hydrogen-bond donors (Lipinski definition) is 0. The molecule has 29 heavy (non-hydrogen) atoms. The zero-order valence-corrected chi connectivity index (χ0v) is 16.2. The summed E-state index contributed by atoms with van der Waals surface area (Å²) in [6, 6.07) is 21.3. The molecule has 1 heterocycles. The van der Waals surface area contributed by atoms with Gasteiger partial charge in [0, 0.05) is 17.8 Å². The van der Waals surface area contributed by atoms with Gasteiger partial charge in [0.2, 0.25) is 0 Å². The maximum Gasteiger partial charge on any atom is 0.282 e. The third-order valence-corrected chi connectivity index (χ3v) is 5.01. The molecule has 0 atom stereocenters. The number of nitrogens with zero attached hydrogens (tertiary/aromatic N) is 2. The summed E-state index contributed by atoms with van der Waals surface area (Å²) in [6.07, 6.45) is 0. The first-order chi connectivity index (χ1) is 14.0. The van der Waals surface area contributed by atoms with Gasteiger partial charge in [0.05, 0.1) is 11.3 Å². The lowest BCUT2D eigenvalue weighted by molar-refractivity contribution is -0.120. The summed E-state index contributed by atoms with van der Waals surface area (Å²) in [7, 11) is 1.73. The molecule has 0 spiro atoms. The van der Waals surface area contributed by atoms with Crippen LogP contribution < -0.4 is 9.80 Å². The molecular formula is C23H16ClFN2O2. The van der Waals surface area contributed by atoms with E-state index >= 15 is 0 Å². The van der Waals surface area contributed by atoms with Crippen LogP contribution in [0.3, 0.4) is 0 Å². The molecule has 1 aliphatic heterocycles. The fourth-order valence-electron chi connectivity index (χ4n) is 3.31. The van der Waals surface area contributed by atoms with Crippen molar-refractivity contribution in [2.75, 3.05) is 16.8 Å². The second-order valence-corrected chi connectivity index (χ2v) is 6.98. The summed E-state index contributed by atoms with van der Waals surface area (Å²) >= 11 is 5.95. The lowest BCUT2D eigenvalue weighted by atomic mass is 10.0. The molecule has 0 saturated heterocycles. The third kappa shape index (κ3) is 3.41. The van der Waals surface area contributed by atoms with E-state index in [0.29, 0.717) is 16.3 Å². The number of amides is 2. The molecule has 0 fully saturated rings. The van der Waals surface area contributed by atoms with Gasteiger partial charge in [0.1, 0.15) is 11.5 Å². The number of likely N-dealkylation sites (N-methyl/N-ethyl adjacent to an activating group) is 1. The van der Waals surface area contributed by atoms with Gasteiger partial charge in [-0.15, -0.1) is 0 Å².